The van der Waals surface area contributed by atoms with E-state index in [1.54, 1.807) is 12.3 Å². The van der Waals surface area contributed by atoms with Crippen molar-refractivity contribution in [2.45, 2.75) is 40.2 Å². The van der Waals surface area contributed by atoms with Crippen LogP contribution < -0.4 is 10.3 Å². The van der Waals surface area contributed by atoms with Gasteiger partial charge >= 0.3 is 0 Å². The molecule has 4 aromatic carbocycles. The smallest absolute Gasteiger partial charge is 0.282 e. The molecule has 0 radical (unpaired) electrons. The molecule has 0 amide bonds. The van der Waals surface area contributed by atoms with Crippen LogP contribution in [-0.2, 0) is 6.54 Å². The summed E-state index contributed by atoms with van der Waals surface area (Å²) in [5.74, 6) is 1.53. The van der Waals surface area contributed by atoms with Gasteiger partial charge in [-0.15, -0.1) is 0 Å². The van der Waals surface area contributed by atoms with Gasteiger partial charge in [0.15, 0.2) is 5.82 Å². The van der Waals surface area contributed by atoms with Gasteiger partial charge in [-0.1, -0.05) is 73.4 Å². The van der Waals surface area contributed by atoms with Crippen LogP contribution in [-0.4, -0.2) is 27.0 Å². The van der Waals surface area contributed by atoms with E-state index >= 15 is 0 Å². The highest BCUT2D eigenvalue weighted by molar-refractivity contribution is 6.42. The number of benzene rings is 4. The van der Waals surface area contributed by atoms with E-state index in [0.29, 0.717) is 39.9 Å². The lowest BCUT2D eigenvalue weighted by Crippen LogP contribution is -2.20. The number of hydrogen-bond acceptors (Lipinski definition) is 4. The van der Waals surface area contributed by atoms with Gasteiger partial charge in [0, 0.05) is 34.8 Å². The number of halogens is 2. The SMILES string of the molecule is CCOc1cc(C)c(-c2nc3ccccc3c(=O)n2N=Cc2cn(Cc3ccc(Cl)c(Cl)c3)c3ccccc23)cc1C(C)C. The zero-order chi connectivity index (χ0) is 31.0. The monoisotopic (exact) mass is 622 g/mol. The van der Waals surface area contributed by atoms with Gasteiger partial charge in [0.1, 0.15) is 5.75 Å². The number of ether oxygens (including phenoxy) is 1. The lowest BCUT2D eigenvalue weighted by atomic mass is 9.96. The maximum absolute atomic E-state index is 14.0. The van der Waals surface area contributed by atoms with E-state index in [2.05, 4.69) is 36.6 Å². The molecule has 0 aliphatic carbocycles. The third-order valence-corrected chi connectivity index (χ3v) is 8.48. The first-order valence-electron chi connectivity index (χ1n) is 14.6. The summed E-state index contributed by atoms with van der Waals surface area (Å²) in [5.41, 5.74) is 6.15. The first-order valence-corrected chi connectivity index (χ1v) is 15.4. The van der Waals surface area contributed by atoms with Gasteiger partial charge in [0.05, 0.1) is 33.8 Å². The molecule has 222 valence electrons. The maximum Gasteiger partial charge on any atom is 0.282 e. The highest BCUT2D eigenvalue weighted by Crippen LogP contribution is 2.34. The Hall–Kier alpha value is -4.39. The van der Waals surface area contributed by atoms with Crippen molar-refractivity contribution < 1.29 is 4.74 Å². The fourth-order valence-electron chi connectivity index (χ4n) is 5.54. The van der Waals surface area contributed by atoms with E-state index in [-0.39, 0.29) is 11.5 Å². The molecular formula is C36H32Cl2N4O2. The summed E-state index contributed by atoms with van der Waals surface area (Å²) in [7, 11) is 0. The van der Waals surface area contributed by atoms with Gasteiger partial charge in [-0.2, -0.15) is 9.78 Å². The lowest BCUT2D eigenvalue weighted by molar-refractivity contribution is 0.335. The van der Waals surface area contributed by atoms with Gasteiger partial charge in [-0.25, -0.2) is 4.98 Å². The van der Waals surface area contributed by atoms with Crippen molar-refractivity contribution in [1.29, 1.82) is 0 Å². The Morgan fingerprint density at radius 1 is 0.955 bits per heavy atom. The highest BCUT2D eigenvalue weighted by Gasteiger charge is 2.19. The van der Waals surface area contributed by atoms with E-state index in [1.807, 2.05) is 74.6 Å². The molecule has 0 unspecified atom stereocenters. The van der Waals surface area contributed by atoms with Crippen molar-refractivity contribution in [2.24, 2.45) is 5.10 Å². The summed E-state index contributed by atoms with van der Waals surface area (Å²) in [6.45, 7) is 9.41. The second kappa shape index (κ2) is 12.3. The van der Waals surface area contributed by atoms with Crippen molar-refractivity contribution in [3.8, 4) is 17.1 Å². The van der Waals surface area contributed by atoms with Crippen LogP contribution in [0.4, 0.5) is 0 Å². The second-order valence-corrected chi connectivity index (χ2v) is 11.9. The number of aromatic nitrogens is 3. The molecule has 0 saturated heterocycles. The van der Waals surface area contributed by atoms with Crippen molar-refractivity contribution in [3.05, 3.63) is 128 Å². The van der Waals surface area contributed by atoms with Crippen LogP contribution in [0, 0.1) is 6.92 Å². The molecular weight excluding hydrogens is 591 g/mol. The number of fused-ring (bicyclic) bond motifs is 2. The van der Waals surface area contributed by atoms with E-state index in [1.165, 1.54) is 4.68 Å². The largest absolute Gasteiger partial charge is 0.494 e. The number of para-hydroxylation sites is 2. The summed E-state index contributed by atoms with van der Waals surface area (Å²) in [5, 5.41) is 7.36. The molecule has 6 rings (SSSR count). The molecule has 0 aliphatic rings. The van der Waals surface area contributed by atoms with Crippen LogP contribution in [0.15, 0.2) is 95.0 Å². The van der Waals surface area contributed by atoms with Crippen LogP contribution in [0.2, 0.25) is 10.0 Å². The van der Waals surface area contributed by atoms with Crippen LogP contribution in [0.5, 0.6) is 5.75 Å². The summed E-state index contributed by atoms with van der Waals surface area (Å²) in [4.78, 5) is 18.9. The molecule has 6 nitrogen and oxygen atoms in total. The first kappa shape index (κ1) is 29.7. The van der Waals surface area contributed by atoms with Crippen molar-refractivity contribution >= 4 is 51.2 Å². The maximum atomic E-state index is 14.0. The van der Waals surface area contributed by atoms with Crippen LogP contribution >= 0.6 is 23.2 Å². The minimum absolute atomic E-state index is 0.210. The van der Waals surface area contributed by atoms with Gasteiger partial charge in [-0.05, 0) is 78.9 Å². The van der Waals surface area contributed by atoms with Crippen LogP contribution in [0.1, 0.15) is 48.9 Å². The fraction of sp³-hybridized carbons (Fsp3) is 0.194. The molecule has 0 spiro atoms. The summed E-state index contributed by atoms with van der Waals surface area (Å²) >= 11 is 12.4. The minimum Gasteiger partial charge on any atom is -0.494 e. The van der Waals surface area contributed by atoms with Gasteiger partial charge < -0.3 is 9.30 Å². The third-order valence-electron chi connectivity index (χ3n) is 7.74. The van der Waals surface area contributed by atoms with Crippen molar-refractivity contribution in [2.75, 3.05) is 6.61 Å². The zero-order valence-electron chi connectivity index (χ0n) is 25.0. The number of hydrogen-bond donors (Lipinski definition) is 0. The van der Waals surface area contributed by atoms with Crippen molar-refractivity contribution in [1.82, 2.24) is 14.2 Å². The van der Waals surface area contributed by atoms with Gasteiger partial charge in [-0.3, -0.25) is 4.79 Å². The molecule has 8 heteroatoms. The quantitative estimate of drug-likeness (QED) is 0.159. The van der Waals surface area contributed by atoms with Crippen molar-refractivity contribution in [3.63, 3.8) is 0 Å². The summed E-state index contributed by atoms with van der Waals surface area (Å²) in [6, 6.07) is 25.3. The average molecular weight is 624 g/mol. The van der Waals surface area contributed by atoms with Crippen LogP contribution in [0.3, 0.4) is 0 Å². The lowest BCUT2D eigenvalue weighted by Gasteiger charge is -2.18. The second-order valence-electron chi connectivity index (χ2n) is 11.1. The Labute approximate surface area is 266 Å². The summed E-state index contributed by atoms with van der Waals surface area (Å²) in [6.07, 6.45) is 3.77. The normalized spacial score (nSPS) is 11.8. The molecule has 2 heterocycles. The molecule has 0 fully saturated rings. The van der Waals surface area contributed by atoms with E-state index in [4.69, 9.17) is 38.0 Å². The molecule has 0 saturated carbocycles. The molecule has 0 aliphatic heterocycles. The highest BCUT2D eigenvalue weighted by atomic mass is 35.5. The third kappa shape index (κ3) is 5.63. The predicted molar refractivity (Wildman–Crippen MR) is 182 cm³/mol. The topological polar surface area (TPSA) is 61.4 Å². The van der Waals surface area contributed by atoms with E-state index < -0.39 is 0 Å². The molecule has 0 bridgehead atoms. The Balaban J connectivity index is 1.51. The fourth-order valence-corrected chi connectivity index (χ4v) is 5.86. The van der Waals surface area contributed by atoms with E-state index in [9.17, 15) is 4.79 Å². The predicted octanol–water partition coefficient (Wildman–Crippen LogP) is 9.09. The molecule has 0 N–H and O–H groups in total. The molecule has 0 atom stereocenters. The summed E-state index contributed by atoms with van der Waals surface area (Å²) < 4.78 is 9.52. The van der Waals surface area contributed by atoms with Gasteiger partial charge in [0.25, 0.3) is 5.56 Å². The number of aryl methyl sites for hydroxylation is 1. The number of nitrogens with zero attached hydrogens (tertiary/aromatic N) is 4. The Morgan fingerprint density at radius 2 is 1.70 bits per heavy atom. The van der Waals surface area contributed by atoms with E-state index in [0.717, 1.165) is 44.5 Å². The first-order chi connectivity index (χ1) is 21.2. The number of rotatable bonds is 8. The van der Waals surface area contributed by atoms with Gasteiger partial charge in [0.2, 0.25) is 0 Å². The average Bonchev–Trinajstić information content (AvgIpc) is 3.35. The standard InChI is InChI=1S/C36H32Cl2N4O2/c1-5-44-34-16-23(4)29(18-28(34)22(2)3)35-40-32-12-8-6-11-27(32)36(43)42(35)39-19-25-21-41(33-13-9-7-10-26(25)33)20-24-14-15-30(37)31(38)17-24/h6-19,21-22H,5,20H2,1-4H3. The Morgan fingerprint density at radius 3 is 2.45 bits per heavy atom. The zero-order valence-corrected chi connectivity index (χ0v) is 26.5. The molecule has 2 aromatic heterocycles. The Kier molecular flexibility index (Phi) is 8.30. The minimum atomic E-state index is -0.235. The molecule has 6 aromatic rings. The van der Waals surface area contributed by atoms with Crippen LogP contribution in [0.25, 0.3) is 33.2 Å². The molecule has 44 heavy (non-hydrogen) atoms. The Bertz CT molecular complexity index is 2110.